The van der Waals surface area contributed by atoms with Crippen molar-refractivity contribution in [1.29, 1.82) is 0 Å². The quantitative estimate of drug-likeness (QED) is 0.285. The van der Waals surface area contributed by atoms with Gasteiger partial charge in [0.2, 0.25) is 0 Å². The summed E-state index contributed by atoms with van der Waals surface area (Å²) in [6.07, 6.45) is 1.39. The van der Waals surface area contributed by atoms with Gasteiger partial charge in [-0.25, -0.2) is 10.2 Å². The average molecular weight is 508 g/mol. The molecule has 0 aromatic heterocycles. The van der Waals surface area contributed by atoms with Gasteiger partial charge in [0, 0.05) is 0 Å². The molecule has 2 rings (SSSR count). The van der Waals surface area contributed by atoms with Crippen molar-refractivity contribution in [3.63, 3.8) is 0 Å². The molecule has 0 saturated heterocycles. The molecule has 0 aliphatic rings. The Hall–Kier alpha value is -3.60. The summed E-state index contributed by atoms with van der Waals surface area (Å²) in [4.78, 5) is 35.5. The van der Waals surface area contributed by atoms with Crippen LogP contribution in [-0.2, 0) is 14.3 Å². The molecule has 2 amide bonds. The highest BCUT2D eigenvalue weighted by molar-refractivity contribution is 9.10. The SMILES string of the molecule is COC(=O)COc1c(Br)cc(C=NNC(=O)CNC(=O)c2ccccc2OC)cc1OC. The van der Waals surface area contributed by atoms with Gasteiger partial charge in [0.25, 0.3) is 11.8 Å². The first kappa shape index (κ1) is 24.7. The highest BCUT2D eigenvalue weighted by atomic mass is 79.9. The highest BCUT2D eigenvalue weighted by Gasteiger charge is 2.14. The first-order valence-electron chi connectivity index (χ1n) is 9.19. The van der Waals surface area contributed by atoms with E-state index in [0.29, 0.717) is 32.8 Å². The van der Waals surface area contributed by atoms with Crippen LogP contribution in [0.3, 0.4) is 0 Å². The molecule has 0 aliphatic carbocycles. The monoisotopic (exact) mass is 507 g/mol. The Bertz CT molecular complexity index is 1010. The number of carbonyl (C=O) groups is 3. The average Bonchev–Trinajstić information content (AvgIpc) is 2.81. The van der Waals surface area contributed by atoms with Gasteiger partial charge in [-0.15, -0.1) is 0 Å². The Balaban J connectivity index is 1.94. The number of ether oxygens (including phenoxy) is 4. The zero-order chi connectivity index (χ0) is 23.5. The first-order valence-corrected chi connectivity index (χ1v) is 9.99. The van der Waals surface area contributed by atoms with Crippen molar-refractivity contribution < 1.29 is 33.3 Å². The van der Waals surface area contributed by atoms with Crippen molar-refractivity contribution in [2.24, 2.45) is 5.10 Å². The molecule has 0 heterocycles. The number of methoxy groups -OCH3 is 3. The van der Waals surface area contributed by atoms with Gasteiger partial charge in [0.05, 0.1) is 44.1 Å². The molecule has 0 fully saturated rings. The van der Waals surface area contributed by atoms with Crippen molar-refractivity contribution in [2.75, 3.05) is 34.5 Å². The number of carbonyl (C=O) groups excluding carboxylic acids is 3. The molecule has 170 valence electrons. The van der Waals surface area contributed by atoms with Crippen LogP contribution in [0.4, 0.5) is 0 Å². The summed E-state index contributed by atoms with van der Waals surface area (Å²) in [6, 6.07) is 9.94. The lowest BCUT2D eigenvalue weighted by molar-refractivity contribution is -0.143. The lowest BCUT2D eigenvalue weighted by atomic mass is 10.2. The summed E-state index contributed by atoms with van der Waals surface area (Å²) in [7, 11) is 4.16. The zero-order valence-corrected chi connectivity index (χ0v) is 19.2. The summed E-state index contributed by atoms with van der Waals surface area (Å²) in [5.74, 6) is -0.434. The third-order valence-electron chi connectivity index (χ3n) is 3.98. The van der Waals surface area contributed by atoms with E-state index in [1.165, 1.54) is 27.5 Å². The van der Waals surface area contributed by atoms with Crippen LogP contribution in [0.5, 0.6) is 17.2 Å². The minimum absolute atomic E-state index is 0.276. The number of para-hydroxylation sites is 1. The lowest BCUT2D eigenvalue weighted by Crippen LogP contribution is -2.35. The van der Waals surface area contributed by atoms with E-state index in [-0.39, 0.29) is 13.2 Å². The molecule has 2 N–H and O–H groups in total. The van der Waals surface area contributed by atoms with Gasteiger partial charge in [-0.3, -0.25) is 9.59 Å². The molecule has 2 aromatic rings. The Morgan fingerprint density at radius 3 is 2.47 bits per heavy atom. The number of halogens is 1. The third kappa shape index (κ3) is 6.98. The molecule has 2 aromatic carbocycles. The molecular weight excluding hydrogens is 486 g/mol. The van der Waals surface area contributed by atoms with E-state index < -0.39 is 17.8 Å². The van der Waals surface area contributed by atoms with Crippen molar-refractivity contribution >= 4 is 39.9 Å². The topological polar surface area (TPSA) is 125 Å². The van der Waals surface area contributed by atoms with Gasteiger partial charge in [-0.1, -0.05) is 12.1 Å². The van der Waals surface area contributed by atoms with E-state index in [1.54, 1.807) is 36.4 Å². The van der Waals surface area contributed by atoms with E-state index in [2.05, 4.69) is 36.5 Å². The Morgan fingerprint density at radius 2 is 1.78 bits per heavy atom. The largest absolute Gasteiger partial charge is 0.496 e. The second-order valence-electron chi connectivity index (χ2n) is 6.08. The van der Waals surface area contributed by atoms with Crippen LogP contribution in [0.2, 0.25) is 0 Å². The molecule has 32 heavy (non-hydrogen) atoms. The van der Waals surface area contributed by atoms with Gasteiger partial charge < -0.3 is 24.3 Å². The van der Waals surface area contributed by atoms with E-state index in [1.807, 2.05) is 0 Å². The van der Waals surface area contributed by atoms with Gasteiger partial charge in [0.15, 0.2) is 18.1 Å². The van der Waals surface area contributed by atoms with Crippen molar-refractivity contribution in [1.82, 2.24) is 10.7 Å². The van der Waals surface area contributed by atoms with Crippen LogP contribution in [0, 0.1) is 0 Å². The van der Waals surface area contributed by atoms with Gasteiger partial charge in [-0.05, 0) is 45.8 Å². The van der Waals surface area contributed by atoms with E-state index in [4.69, 9.17) is 14.2 Å². The standard InChI is InChI=1S/C21H22BrN3O7/c1-29-16-7-5-4-6-14(16)21(28)23-11-18(26)25-24-10-13-8-15(22)20(17(9-13)30-2)32-12-19(27)31-3/h4-10H,11-12H2,1-3H3,(H,23,28)(H,25,26). The number of hydrazone groups is 1. The predicted octanol–water partition coefficient (Wildman–Crippen LogP) is 1.90. The van der Waals surface area contributed by atoms with Crippen LogP contribution in [0.1, 0.15) is 15.9 Å². The van der Waals surface area contributed by atoms with Crippen LogP contribution in [-0.4, -0.2) is 58.5 Å². The van der Waals surface area contributed by atoms with Crippen LogP contribution < -0.4 is 25.0 Å². The number of esters is 1. The number of nitrogens with zero attached hydrogens (tertiary/aromatic N) is 1. The third-order valence-corrected chi connectivity index (χ3v) is 4.57. The number of benzene rings is 2. The van der Waals surface area contributed by atoms with Crippen molar-refractivity contribution in [3.8, 4) is 17.2 Å². The minimum Gasteiger partial charge on any atom is -0.496 e. The van der Waals surface area contributed by atoms with Gasteiger partial charge in [0.1, 0.15) is 5.75 Å². The predicted molar refractivity (Wildman–Crippen MR) is 119 cm³/mol. The fourth-order valence-electron chi connectivity index (χ4n) is 2.45. The second kappa shape index (κ2) is 12.3. The molecule has 0 radical (unpaired) electrons. The van der Waals surface area contributed by atoms with E-state index >= 15 is 0 Å². The Morgan fingerprint density at radius 1 is 1.06 bits per heavy atom. The summed E-state index contributed by atoms with van der Waals surface area (Å²) in [6.45, 7) is -0.558. The van der Waals surface area contributed by atoms with Crippen LogP contribution >= 0.6 is 15.9 Å². The maximum atomic E-state index is 12.2. The van der Waals surface area contributed by atoms with E-state index in [9.17, 15) is 14.4 Å². The number of hydrogen-bond donors (Lipinski definition) is 2. The Labute approximate surface area is 193 Å². The summed E-state index contributed by atoms with van der Waals surface area (Å²) >= 11 is 3.34. The molecule has 0 atom stereocenters. The first-order chi connectivity index (χ1) is 15.4. The maximum Gasteiger partial charge on any atom is 0.343 e. The molecule has 0 spiro atoms. The number of rotatable bonds is 10. The molecule has 11 heteroatoms. The van der Waals surface area contributed by atoms with Gasteiger partial charge in [-0.2, -0.15) is 5.10 Å². The van der Waals surface area contributed by atoms with Crippen molar-refractivity contribution in [3.05, 3.63) is 52.0 Å². The zero-order valence-electron chi connectivity index (χ0n) is 17.6. The minimum atomic E-state index is -0.537. The Kier molecular flexibility index (Phi) is 9.48. The smallest absolute Gasteiger partial charge is 0.343 e. The molecule has 0 saturated carbocycles. The number of nitrogens with one attached hydrogen (secondary N) is 2. The second-order valence-corrected chi connectivity index (χ2v) is 6.93. The summed E-state index contributed by atoms with van der Waals surface area (Å²) in [5, 5.41) is 6.37. The summed E-state index contributed by atoms with van der Waals surface area (Å²) in [5.41, 5.74) is 3.22. The number of hydrogen-bond acceptors (Lipinski definition) is 8. The molecule has 0 unspecified atom stereocenters. The fourth-order valence-corrected chi connectivity index (χ4v) is 3.02. The fraction of sp³-hybridized carbons (Fsp3) is 0.238. The maximum absolute atomic E-state index is 12.2. The molecular formula is C21H22BrN3O7. The molecule has 0 bridgehead atoms. The van der Waals surface area contributed by atoms with Crippen LogP contribution in [0.25, 0.3) is 0 Å². The molecule has 0 aliphatic heterocycles. The van der Waals surface area contributed by atoms with Gasteiger partial charge >= 0.3 is 5.97 Å². The summed E-state index contributed by atoms with van der Waals surface area (Å²) < 4.78 is 20.9. The molecule has 10 nitrogen and oxygen atoms in total. The van der Waals surface area contributed by atoms with Crippen LogP contribution in [0.15, 0.2) is 46.0 Å². The van der Waals surface area contributed by atoms with Crippen molar-refractivity contribution in [2.45, 2.75) is 0 Å². The lowest BCUT2D eigenvalue weighted by Gasteiger charge is -2.12. The normalized spacial score (nSPS) is 10.4. The van der Waals surface area contributed by atoms with E-state index in [0.717, 1.165) is 0 Å². The highest BCUT2D eigenvalue weighted by Crippen LogP contribution is 2.36. The number of amides is 2.